The number of nitrogens with one attached hydrogen (secondary N) is 1. The van der Waals surface area contributed by atoms with Crippen molar-refractivity contribution in [3.63, 3.8) is 0 Å². The van der Waals surface area contributed by atoms with Crippen LogP contribution in [0.15, 0.2) is 41.1 Å². The average molecular weight is 436 g/mol. The maximum absolute atomic E-state index is 5.91. The lowest BCUT2D eigenvalue weighted by molar-refractivity contribution is 0.282. The molecule has 1 aliphatic carbocycles. The largest absolute Gasteiger partial charge is 0.493 e. The predicted octanol–water partition coefficient (Wildman–Crippen LogP) is 4.53. The molecule has 24 heavy (non-hydrogen) atoms. The Hall–Kier alpha value is -1.01. The Morgan fingerprint density at radius 1 is 1.25 bits per heavy atom. The van der Waals surface area contributed by atoms with Gasteiger partial charge in [-0.3, -0.25) is 4.98 Å². The average Bonchev–Trinajstić information content (AvgIpc) is 3.36. The number of rotatable bonds is 7. The summed E-state index contributed by atoms with van der Waals surface area (Å²) in [6, 6.07) is 8.68. The highest BCUT2D eigenvalue weighted by atomic mass is 79.9. The summed E-state index contributed by atoms with van der Waals surface area (Å²) < 4.78 is 12.3. The van der Waals surface area contributed by atoms with Gasteiger partial charge in [0.2, 0.25) is 0 Å². The number of ether oxygens (including phenoxy) is 2. The highest BCUT2D eigenvalue weighted by Crippen LogP contribution is 2.37. The van der Waals surface area contributed by atoms with Crippen LogP contribution in [0.5, 0.6) is 11.5 Å². The quantitative estimate of drug-likeness (QED) is 0.693. The third kappa shape index (κ3) is 5.81. The summed E-state index contributed by atoms with van der Waals surface area (Å²) in [5.74, 6) is 1.47. The second-order valence-corrected chi connectivity index (χ2v) is 6.27. The smallest absolute Gasteiger partial charge is 0.175 e. The van der Waals surface area contributed by atoms with E-state index < -0.39 is 0 Å². The Balaban J connectivity index is 0.00000144. The van der Waals surface area contributed by atoms with Crippen molar-refractivity contribution in [1.29, 1.82) is 0 Å². The summed E-state index contributed by atoms with van der Waals surface area (Å²) in [6.07, 6.45) is 6.12. The molecule has 1 aromatic heterocycles. The number of nitrogens with zero attached hydrogens (tertiary/aromatic N) is 1. The third-order valence-electron chi connectivity index (χ3n) is 3.57. The standard InChI is InChI=1S/C17H19BrN2O2.2ClH/c1-21-16-8-13(10-20-14-4-5-14)7-15(18)17(16)22-11-12-3-2-6-19-9-12;;/h2-3,6-9,14,20H,4-5,10-11H2,1H3;2*1H. The normalized spacial score (nSPS) is 12.8. The summed E-state index contributed by atoms with van der Waals surface area (Å²) in [5, 5.41) is 3.50. The summed E-state index contributed by atoms with van der Waals surface area (Å²) in [6.45, 7) is 1.31. The number of methoxy groups -OCH3 is 1. The van der Waals surface area contributed by atoms with Gasteiger partial charge in [0.25, 0.3) is 0 Å². The van der Waals surface area contributed by atoms with E-state index in [9.17, 15) is 0 Å². The van der Waals surface area contributed by atoms with Crippen molar-refractivity contribution in [1.82, 2.24) is 10.3 Å². The van der Waals surface area contributed by atoms with Crippen molar-refractivity contribution < 1.29 is 9.47 Å². The molecule has 1 heterocycles. The van der Waals surface area contributed by atoms with Crippen molar-refractivity contribution in [3.05, 3.63) is 52.3 Å². The Kier molecular flexibility index (Phi) is 8.84. The lowest BCUT2D eigenvalue weighted by Gasteiger charge is -2.14. The Labute approximate surface area is 163 Å². The van der Waals surface area contributed by atoms with Gasteiger partial charge in [0, 0.05) is 30.5 Å². The van der Waals surface area contributed by atoms with Crippen LogP contribution in [0.25, 0.3) is 0 Å². The first kappa shape index (κ1) is 21.0. The lowest BCUT2D eigenvalue weighted by atomic mass is 10.2. The number of aromatic nitrogens is 1. The van der Waals surface area contributed by atoms with E-state index in [0.717, 1.165) is 28.1 Å². The van der Waals surface area contributed by atoms with E-state index in [4.69, 9.17) is 9.47 Å². The second kappa shape index (κ2) is 10.1. The molecular weight excluding hydrogens is 415 g/mol. The van der Waals surface area contributed by atoms with Crippen LogP contribution in [-0.2, 0) is 13.2 Å². The van der Waals surface area contributed by atoms with Gasteiger partial charge in [-0.2, -0.15) is 0 Å². The zero-order valence-electron chi connectivity index (χ0n) is 13.3. The molecule has 1 aliphatic rings. The van der Waals surface area contributed by atoms with E-state index in [2.05, 4.69) is 32.3 Å². The van der Waals surface area contributed by atoms with Crippen molar-refractivity contribution in [2.45, 2.75) is 32.0 Å². The van der Waals surface area contributed by atoms with Gasteiger partial charge >= 0.3 is 0 Å². The summed E-state index contributed by atoms with van der Waals surface area (Å²) in [4.78, 5) is 4.09. The molecule has 0 amide bonds. The lowest BCUT2D eigenvalue weighted by Crippen LogP contribution is -2.15. The monoisotopic (exact) mass is 434 g/mol. The van der Waals surface area contributed by atoms with Crippen LogP contribution in [0.3, 0.4) is 0 Å². The van der Waals surface area contributed by atoms with Gasteiger partial charge in [0.1, 0.15) is 6.61 Å². The highest BCUT2D eigenvalue weighted by molar-refractivity contribution is 9.10. The zero-order valence-corrected chi connectivity index (χ0v) is 16.5. The first-order valence-electron chi connectivity index (χ1n) is 7.38. The van der Waals surface area contributed by atoms with Crippen LogP contribution in [-0.4, -0.2) is 18.1 Å². The molecule has 3 rings (SSSR count). The molecule has 1 aromatic carbocycles. The molecule has 1 fully saturated rings. The fraction of sp³-hybridized carbons (Fsp3) is 0.353. The molecule has 0 bridgehead atoms. The molecule has 0 aliphatic heterocycles. The second-order valence-electron chi connectivity index (χ2n) is 5.41. The minimum atomic E-state index is 0. The van der Waals surface area contributed by atoms with Crippen LogP contribution >= 0.6 is 40.7 Å². The van der Waals surface area contributed by atoms with Crippen molar-refractivity contribution in [3.8, 4) is 11.5 Å². The van der Waals surface area contributed by atoms with Gasteiger partial charge < -0.3 is 14.8 Å². The molecule has 0 saturated heterocycles. The minimum Gasteiger partial charge on any atom is -0.493 e. The van der Waals surface area contributed by atoms with Gasteiger partial charge in [0.15, 0.2) is 11.5 Å². The molecule has 1 saturated carbocycles. The Morgan fingerprint density at radius 3 is 2.67 bits per heavy atom. The molecule has 0 unspecified atom stereocenters. The molecule has 0 radical (unpaired) electrons. The molecule has 1 N–H and O–H groups in total. The molecule has 132 valence electrons. The van der Waals surface area contributed by atoms with Crippen molar-refractivity contribution >= 4 is 40.7 Å². The number of halogens is 3. The van der Waals surface area contributed by atoms with E-state index >= 15 is 0 Å². The van der Waals surface area contributed by atoms with Crippen LogP contribution in [0, 0.1) is 0 Å². The zero-order chi connectivity index (χ0) is 15.4. The van der Waals surface area contributed by atoms with Gasteiger partial charge in [-0.05, 0) is 52.5 Å². The first-order valence-corrected chi connectivity index (χ1v) is 8.17. The van der Waals surface area contributed by atoms with Gasteiger partial charge in [0.05, 0.1) is 11.6 Å². The van der Waals surface area contributed by atoms with Crippen LogP contribution in [0.1, 0.15) is 24.0 Å². The number of benzene rings is 1. The fourth-order valence-corrected chi connectivity index (χ4v) is 2.81. The number of hydrogen-bond acceptors (Lipinski definition) is 4. The van der Waals surface area contributed by atoms with E-state index in [1.54, 1.807) is 19.5 Å². The van der Waals surface area contributed by atoms with Crippen LogP contribution in [0.2, 0.25) is 0 Å². The summed E-state index contributed by atoms with van der Waals surface area (Å²) in [7, 11) is 1.66. The topological polar surface area (TPSA) is 43.4 Å². The first-order chi connectivity index (χ1) is 10.8. The highest BCUT2D eigenvalue weighted by Gasteiger charge is 2.20. The summed E-state index contributed by atoms with van der Waals surface area (Å²) >= 11 is 3.59. The number of hydrogen-bond donors (Lipinski definition) is 1. The van der Waals surface area contributed by atoms with Gasteiger partial charge in [-0.25, -0.2) is 0 Å². The number of pyridine rings is 1. The van der Waals surface area contributed by atoms with Gasteiger partial charge in [-0.1, -0.05) is 6.07 Å². The molecule has 2 aromatic rings. The van der Waals surface area contributed by atoms with E-state index in [0.29, 0.717) is 12.6 Å². The van der Waals surface area contributed by atoms with Gasteiger partial charge in [-0.15, -0.1) is 24.8 Å². The predicted molar refractivity (Wildman–Crippen MR) is 104 cm³/mol. The fourth-order valence-electron chi connectivity index (χ4n) is 2.20. The Bertz CT molecular complexity index is 640. The van der Waals surface area contributed by atoms with Crippen LogP contribution < -0.4 is 14.8 Å². The summed E-state index contributed by atoms with van der Waals surface area (Å²) in [5.41, 5.74) is 2.21. The van der Waals surface area contributed by atoms with Crippen molar-refractivity contribution in [2.75, 3.05) is 7.11 Å². The van der Waals surface area contributed by atoms with Crippen LogP contribution in [0.4, 0.5) is 0 Å². The molecule has 0 spiro atoms. The maximum Gasteiger partial charge on any atom is 0.175 e. The van der Waals surface area contributed by atoms with Crippen molar-refractivity contribution in [2.24, 2.45) is 0 Å². The molecule has 4 nitrogen and oxygen atoms in total. The Morgan fingerprint density at radius 2 is 2.04 bits per heavy atom. The minimum absolute atomic E-state index is 0. The van der Waals surface area contributed by atoms with E-state index in [1.165, 1.54) is 18.4 Å². The molecule has 0 atom stereocenters. The maximum atomic E-state index is 5.91. The SMILES string of the molecule is COc1cc(CNC2CC2)cc(Br)c1OCc1cccnc1.Cl.Cl. The molecule has 7 heteroatoms. The van der Waals surface area contributed by atoms with E-state index in [-0.39, 0.29) is 24.8 Å². The van der Waals surface area contributed by atoms with E-state index in [1.807, 2.05) is 18.2 Å². The molecular formula is C17H21BrCl2N2O2. The third-order valence-corrected chi connectivity index (χ3v) is 4.16.